The van der Waals surface area contributed by atoms with Crippen LogP contribution >= 0.6 is 23.4 Å². The van der Waals surface area contributed by atoms with Gasteiger partial charge in [0.05, 0.1) is 29.5 Å². The van der Waals surface area contributed by atoms with Crippen LogP contribution in [0.1, 0.15) is 12.7 Å². The van der Waals surface area contributed by atoms with Crippen molar-refractivity contribution >= 4 is 40.0 Å². The van der Waals surface area contributed by atoms with E-state index in [4.69, 9.17) is 16.0 Å². The Morgan fingerprint density at radius 3 is 2.91 bits per heavy atom. The van der Waals surface area contributed by atoms with E-state index in [1.807, 2.05) is 0 Å². The first-order valence-corrected chi connectivity index (χ1v) is 8.25. The molecule has 7 heteroatoms. The lowest BCUT2D eigenvalue weighted by Gasteiger charge is -2.11. The van der Waals surface area contributed by atoms with Crippen LogP contribution in [0.2, 0.25) is 5.02 Å². The van der Waals surface area contributed by atoms with Gasteiger partial charge in [0, 0.05) is 5.02 Å². The molecule has 3 aromatic rings. The van der Waals surface area contributed by atoms with Crippen LogP contribution in [0.4, 0.5) is 0 Å². The fraction of sp³-hybridized carbons (Fsp3) is 0.188. The molecule has 1 aromatic carbocycles. The summed E-state index contributed by atoms with van der Waals surface area (Å²) in [6.45, 7) is 1.76. The maximum Gasteiger partial charge on any atom is 0.262 e. The summed E-state index contributed by atoms with van der Waals surface area (Å²) in [5.41, 5.74) is 0.332. The van der Waals surface area contributed by atoms with Crippen LogP contribution < -0.4 is 5.56 Å². The monoisotopic (exact) mass is 348 g/mol. The van der Waals surface area contributed by atoms with Crippen molar-refractivity contribution < 1.29 is 9.21 Å². The summed E-state index contributed by atoms with van der Waals surface area (Å²) in [5, 5.41) is 1.46. The van der Waals surface area contributed by atoms with E-state index in [9.17, 15) is 9.59 Å². The van der Waals surface area contributed by atoms with Crippen LogP contribution in [0.5, 0.6) is 0 Å². The summed E-state index contributed by atoms with van der Waals surface area (Å²) >= 11 is 7.21. The molecule has 5 nitrogen and oxygen atoms in total. The number of carbonyl (C=O) groups is 1. The molecule has 2 heterocycles. The van der Waals surface area contributed by atoms with Crippen molar-refractivity contribution in [2.24, 2.45) is 0 Å². The van der Waals surface area contributed by atoms with E-state index < -0.39 is 0 Å². The molecular formula is C16H13ClN2O3S. The lowest BCUT2D eigenvalue weighted by Crippen LogP contribution is -2.24. The summed E-state index contributed by atoms with van der Waals surface area (Å²) in [6.07, 6.45) is 1.55. The Morgan fingerprint density at radius 1 is 1.39 bits per heavy atom. The van der Waals surface area contributed by atoms with Crippen molar-refractivity contribution in [1.29, 1.82) is 0 Å². The molecule has 0 unspecified atom stereocenters. The highest BCUT2D eigenvalue weighted by atomic mass is 35.5. The zero-order valence-electron chi connectivity index (χ0n) is 12.3. The molecule has 0 saturated heterocycles. The molecule has 0 fully saturated rings. The quantitative estimate of drug-likeness (QED) is 0.522. The van der Waals surface area contributed by atoms with Gasteiger partial charge in [0.25, 0.3) is 5.56 Å². The van der Waals surface area contributed by atoms with Gasteiger partial charge in [-0.05, 0) is 37.3 Å². The third-order valence-electron chi connectivity index (χ3n) is 3.18. The highest BCUT2D eigenvalue weighted by molar-refractivity contribution is 7.99. The van der Waals surface area contributed by atoms with E-state index in [1.165, 1.54) is 23.3 Å². The normalized spacial score (nSPS) is 11.0. The fourth-order valence-corrected chi connectivity index (χ4v) is 3.11. The number of aromatic nitrogens is 2. The number of Topliss-reactive ketones (excluding diaryl/α,β-unsaturated/α-hetero) is 1. The van der Waals surface area contributed by atoms with Crippen molar-refractivity contribution in [1.82, 2.24) is 9.55 Å². The number of halogens is 1. The van der Waals surface area contributed by atoms with Crippen molar-refractivity contribution in [2.45, 2.75) is 18.6 Å². The number of furan rings is 1. The van der Waals surface area contributed by atoms with Crippen LogP contribution in [0, 0.1) is 0 Å². The van der Waals surface area contributed by atoms with Gasteiger partial charge < -0.3 is 4.42 Å². The molecule has 0 bridgehead atoms. The first kappa shape index (κ1) is 15.8. The number of rotatable bonds is 5. The predicted molar refractivity (Wildman–Crippen MR) is 90.2 cm³/mol. The minimum atomic E-state index is -0.186. The molecular weight excluding hydrogens is 336 g/mol. The number of hydrogen-bond acceptors (Lipinski definition) is 5. The van der Waals surface area contributed by atoms with Crippen LogP contribution in [0.15, 0.2) is 51.0 Å². The molecule has 23 heavy (non-hydrogen) atoms. The molecule has 0 aliphatic heterocycles. The summed E-state index contributed by atoms with van der Waals surface area (Å²) in [5.74, 6) is 0.906. The number of thioether (sulfide) groups is 1. The summed E-state index contributed by atoms with van der Waals surface area (Å²) in [6, 6.07) is 8.51. The standard InChI is InChI=1S/C16H13ClN2O3S/c1-10(20)9-23-16-18-14-7-11(17)4-5-13(14)15(21)19(16)8-12-3-2-6-22-12/h2-7H,8-9H2,1H3. The third-order valence-corrected chi connectivity index (χ3v) is 4.54. The van der Waals surface area contributed by atoms with Crippen LogP contribution in [0.3, 0.4) is 0 Å². The Labute approximate surface area is 141 Å². The van der Waals surface area contributed by atoms with Crippen molar-refractivity contribution in [3.8, 4) is 0 Å². The summed E-state index contributed by atoms with van der Waals surface area (Å²) in [7, 11) is 0. The molecule has 0 amide bonds. The smallest absolute Gasteiger partial charge is 0.262 e. The van der Waals surface area contributed by atoms with E-state index in [2.05, 4.69) is 4.98 Å². The van der Waals surface area contributed by atoms with Crippen LogP contribution in [0.25, 0.3) is 10.9 Å². The van der Waals surface area contributed by atoms with Gasteiger partial charge in [-0.25, -0.2) is 4.98 Å². The molecule has 2 aromatic heterocycles. The van der Waals surface area contributed by atoms with E-state index in [0.29, 0.717) is 26.8 Å². The topological polar surface area (TPSA) is 65.1 Å². The lowest BCUT2D eigenvalue weighted by atomic mass is 10.2. The third kappa shape index (κ3) is 3.48. The number of hydrogen-bond donors (Lipinski definition) is 0. The van der Waals surface area contributed by atoms with E-state index in [-0.39, 0.29) is 23.6 Å². The number of carbonyl (C=O) groups excluding carboxylic acids is 1. The average molecular weight is 349 g/mol. The van der Waals surface area contributed by atoms with Gasteiger partial charge in [0.1, 0.15) is 11.5 Å². The van der Waals surface area contributed by atoms with Gasteiger partial charge in [-0.2, -0.15) is 0 Å². The first-order chi connectivity index (χ1) is 11.0. The molecule has 0 radical (unpaired) electrons. The maximum absolute atomic E-state index is 12.8. The van der Waals surface area contributed by atoms with Gasteiger partial charge in [-0.15, -0.1) is 0 Å². The summed E-state index contributed by atoms with van der Waals surface area (Å²) in [4.78, 5) is 28.5. The summed E-state index contributed by atoms with van der Waals surface area (Å²) < 4.78 is 6.84. The van der Waals surface area contributed by atoms with E-state index in [0.717, 1.165) is 0 Å². The Kier molecular flexibility index (Phi) is 4.54. The Morgan fingerprint density at radius 2 is 2.22 bits per heavy atom. The number of ketones is 1. The van der Waals surface area contributed by atoms with Crippen molar-refractivity contribution in [2.75, 3.05) is 5.75 Å². The second-order valence-electron chi connectivity index (χ2n) is 5.02. The molecule has 3 rings (SSSR count). The second kappa shape index (κ2) is 6.60. The SMILES string of the molecule is CC(=O)CSc1nc2cc(Cl)ccc2c(=O)n1Cc1ccco1. The van der Waals surface area contributed by atoms with Gasteiger partial charge in [0.15, 0.2) is 5.16 Å². The molecule has 0 atom stereocenters. The molecule has 0 aliphatic rings. The van der Waals surface area contributed by atoms with Crippen LogP contribution in [-0.2, 0) is 11.3 Å². The Bertz CT molecular complexity index is 919. The van der Waals surface area contributed by atoms with E-state index in [1.54, 1.807) is 36.6 Å². The Hall–Kier alpha value is -2.05. The Balaban J connectivity index is 2.14. The average Bonchev–Trinajstić information content (AvgIpc) is 3.01. The maximum atomic E-state index is 12.8. The first-order valence-electron chi connectivity index (χ1n) is 6.89. The van der Waals surface area contributed by atoms with Crippen LogP contribution in [-0.4, -0.2) is 21.1 Å². The largest absolute Gasteiger partial charge is 0.467 e. The van der Waals surface area contributed by atoms with Crippen molar-refractivity contribution in [3.63, 3.8) is 0 Å². The van der Waals surface area contributed by atoms with Gasteiger partial charge in [0.2, 0.25) is 0 Å². The van der Waals surface area contributed by atoms with Gasteiger partial charge in [-0.1, -0.05) is 23.4 Å². The van der Waals surface area contributed by atoms with E-state index >= 15 is 0 Å². The zero-order chi connectivity index (χ0) is 16.4. The second-order valence-corrected chi connectivity index (χ2v) is 6.40. The lowest BCUT2D eigenvalue weighted by molar-refractivity contribution is -0.114. The van der Waals surface area contributed by atoms with Gasteiger partial charge in [-0.3, -0.25) is 14.2 Å². The molecule has 118 valence electrons. The molecule has 0 aliphatic carbocycles. The fourth-order valence-electron chi connectivity index (χ4n) is 2.15. The minimum Gasteiger partial charge on any atom is -0.467 e. The molecule has 0 saturated carbocycles. The number of benzene rings is 1. The highest BCUT2D eigenvalue weighted by Gasteiger charge is 2.14. The van der Waals surface area contributed by atoms with Crippen molar-refractivity contribution in [3.05, 3.63) is 57.7 Å². The molecule has 0 spiro atoms. The van der Waals surface area contributed by atoms with Gasteiger partial charge >= 0.3 is 0 Å². The minimum absolute atomic E-state index is 0.0139. The number of nitrogens with zero attached hydrogens (tertiary/aromatic N) is 2. The highest BCUT2D eigenvalue weighted by Crippen LogP contribution is 2.21. The number of fused-ring (bicyclic) bond motifs is 1. The molecule has 0 N–H and O–H groups in total. The predicted octanol–water partition coefficient (Wildman–Crippen LogP) is 3.37. The zero-order valence-corrected chi connectivity index (χ0v) is 13.9.